The Labute approximate surface area is 69.8 Å². The van der Waals surface area contributed by atoms with E-state index in [2.05, 4.69) is 24.5 Å². The van der Waals surface area contributed by atoms with Crippen molar-refractivity contribution in [3.05, 3.63) is 0 Å². The molecule has 0 saturated carbocycles. The smallest absolute Gasteiger partial charge is 0.0105 e. The van der Waals surface area contributed by atoms with Crippen LogP contribution in [0.1, 0.15) is 26.7 Å². The first kappa shape index (κ1) is 9.01. The van der Waals surface area contributed by atoms with Crippen molar-refractivity contribution in [3.63, 3.8) is 0 Å². The summed E-state index contributed by atoms with van der Waals surface area (Å²) in [5.74, 6) is 0. The van der Waals surface area contributed by atoms with E-state index in [0.29, 0.717) is 11.5 Å². The summed E-state index contributed by atoms with van der Waals surface area (Å²) in [5.41, 5.74) is 0.465. The molecule has 1 heterocycles. The SMILES string of the molecule is CNC[C@]1(C)CCCN[C@@H]1C. The van der Waals surface area contributed by atoms with E-state index in [4.69, 9.17) is 0 Å². The molecule has 2 N–H and O–H groups in total. The lowest BCUT2D eigenvalue weighted by atomic mass is 9.76. The van der Waals surface area contributed by atoms with Gasteiger partial charge in [-0.2, -0.15) is 0 Å². The average molecular weight is 156 g/mol. The van der Waals surface area contributed by atoms with E-state index in [1.165, 1.54) is 19.4 Å². The lowest BCUT2D eigenvalue weighted by Crippen LogP contribution is -2.50. The largest absolute Gasteiger partial charge is 0.319 e. The number of piperidine rings is 1. The molecule has 0 bridgehead atoms. The lowest BCUT2D eigenvalue weighted by Gasteiger charge is -2.40. The molecule has 1 aliphatic heterocycles. The van der Waals surface area contributed by atoms with E-state index < -0.39 is 0 Å². The minimum atomic E-state index is 0.465. The van der Waals surface area contributed by atoms with E-state index in [9.17, 15) is 0 Å². The Hall–Kier alpha value is -0.0800. The lowest BCUT2D eigenvalue weighted by molar-refractivity contribution is 0.167. The van der Waals surface area contributed by atoms with Crippen LogP contribution in [-0.2, 0) is 0 Å². The average Bonchev–Trinajstić information content (AvgIpc) is 1.96. The van der Waals surface area contributed by atoms with Gasteiger partial charge in [0.2, 0.25) is 0 Å². The second-order valence-corrected chi connectivity index (χ2v) is 3.96. The van der Waals surface area contributed by atoms with E-state index >= 15 is 0 Å². The molecular formula is C9H20N2. The summed E-state index contributed by atoms with van der Waals surface area (Å²) in [6.45, 7) is 6.97. The monoisotopic (exact) mass is 156 g/mol. The quantitative estimate of drug-likeness (QED) is 0.623. The topological polar surface area (TPSA) is 24.1 Å². The molecule has 0 aromatic heterocycles. The third-order valence-electron chi connectivity index (χ3n) is 3.00. The molecule has 1 aliphatic rings. The Bertz CT molecular complexity index is 121. The molecule has 0 aromatic carbocycles. The highest BCUT2D eigenvalue weighted by Crippen LogP contribution is 2.29. The van der Waals surface area contributed by atoms with Crippen molar-refractivity contribution in [2.75, 3.05) is 20.1 Å². The molecule has 1 rings (SSSR count). The molecular weight excluding hydrogens is 136 g/mol. The first-order chi connectivity index (χ1) is 5.19. The van der Waals surface area contributed by atoms with Crippen molar-refractivity contribution < 1.29 is 0 Å². The van der Waals surface area contributed by atoms with E-state index in [-0.39, 0.29) is 0 Å². The minimum Gasteiger partial charge on any atom is -0.319 e. The zero-order chi connectivity index (χ0) is 8.32. The third kappa shape index (κ3) is 1.94. The van der Waals surface area contributed by atoms with Crippen LogP contribution in [0.3, 0.4) is 0 Å². The summed E-state index contributed by atoms with van der Waals surface area (Å²) in [4.78, 5) is 0. The second-order valence-electron chi connectivity index (χ2n) is 3.96. The molecule has 0 radical (unpaired) electrons. The predicted octanol–water partition coefficient (Wildman–Crippen LogP) is 0.984. The van der Waals surface area contributed by atoms with Gasteiger partial charge < -0.3 is 10.6 Å². The van der Waals surface area contributed by atoms with Crippen molar-refractivity contribution in [2.24, 2.45) is 5.41 Å². The molecule has 2 heteroatoms. The van der Waals surface area contributed by atoms with Gasteiger partial charge in [-0.05, 0) is 38.8 Å². The zero-order valence-corrected chi connectivity index (χ0v) is 7.91. The second kappa shape index (κ2) is 3.55. The van der Waals surface area contributed by atoms with Crippen LogP contribution in [0.25, 0.3) is 0 Å². The minimum absolute atomic E-state index is 0.465. The Balaban J connectivity index is 2.49. The zero-order valence-electron chi connectivity index (χ0n) is 7.91. The fraction of sp³-hybridized carbons (Fsp3) is 1.00. The van der Waals surface area contributed by atoms with Crippen LogP contribution in [0.15, 0.2) is 0 Å². The highest BCUT2D eigenvalue weighted by molar-refractivity contribution is 4.89. The summed E-state index contributed by atoms with van der Waals surface area (Å²) in [7, 11) is 2.03. The van der Waals surface area contributed by atoms with Crippen LogP contribution < -0.4 is 10.6 Å². The molecule has 0 spiro atoms. The fourth-order valence-corrected chi connectivity index (χ4v) is 1.92. The summed E-state index contributed by atoms with van der Waals surface area (Å²) in [6.07, 6.45) is 2.67. The molecule has 2 atom stereocenters. The number of hydrogen-bond acceptors (Lipinski definition) is 2. The van der Waals surface area contributed by atoms with Gasteiger partial charge in [0.25, 0.3) is 0 Å². The van der Waals surface area contributed by atoms with Crippen LogP contribution in [-0.4, -0.2) is 26.2 Å². The van der Waals surface area contributed by atoms with E-state index in [1.54, 1.807) is 0 Å². The molecule has 0 amide bonds. The van der Waals surface area contributed by atoms with Gasteiger partial charge in [0.05, 0.1) is 0 Å². The van der Waals surface area contributed by atoms with Crippen molar-refractivity contribution in [1.82, 2.24) is 10.6 Å². The number of hydrogen-bond donors (Lipinski definition) is 2. The normalized spacial score (nSPS) is 39.0. The fourth-order valence-electron chi connectivity index (χ4n) is 1.92. The number of nitrogens with one attached hydrogen (secondary N) is 2. The molecule has 0 aromatic rings. The summed E-state index contributed by atoms with van der Waals surface area (Å²) in [6, 6.07) is 0.656. The van der Waals surface area contributed by atoms with Crippen molar-refractivity contribution in [3.8, 4) is 0 Å². The summed E-state index contributed by atoms with van der Waals surface area (Å²) < 4.78 is 0. The van der Waals surface area contributed by atoms with Gasteiger partial charge >= 0.3 is 0 Å². The Morgan fingerprint density at radius 3 is 2.91 bits per heavy atom. The van der Waals surface area contributed by atoms with Crippen LogP contribution in [0.5, 0.6) is 0 Å². The first-order valence-corrected chi connectivity index (χ1v) is 4.57. The molecule has 1 saturated heterocycles. The Morgan fingerprint density at radius 1 is 1.64 bits per heavy atom. The summed E-state index contributed by atoms with van der Waals surface area (Å²) >= 11 is 0. The Morgan fingerprint density at radius 2 is 2.36 bits per heavy atom. The molecule has 0 unspecified atom stereocenters. The Kier molecular flexibility index (Phi) is 2.90. The van der Waals surface area contributed by atoms with Gasteiger partial charge in [0.15, 0.2) is 0 Å². The van der Waals surface area contributed by atoms with Crippen molar-refractivity contribution in [2.45, 2.75) is 32.7 Å². The van der Waals surface area contributed by atoms with Crippen LogP contribution in [0.4, 0.5) is 0 Å². The predicted molar refractivity (Wildman–Crippen MR) is 48.7 cm³/mol. The number of rotatable bonds is 2. The molecule has 11 heavy (non-hydrogen) atoms. The van der Waals surface area contributed by atoms with Crippen molar-refractivity contribution >= 4 is 0 Å². The van der Waals surface area contributed by atoms with Crippen LogP contribution in [0, 0.1) is 5.41 Å². The summed E-state index contributed by atoms with van der Waals surface area (Å²) in [5, 5.41) is 6.79. The molecule has 1 fully saturated rings. The van der Waals surface area contributed by atoms with Crippen LogP contribution >= 0.6 is 0 Å². The highest BCUT2D eigenvalue weighted by atomic mass is 15.0. The van der Waals surface area contributed by atoms with Crippen molar-refractivity contribution in [1.29, 1.82) is 0 Å². The van der Waals surface area contributed by atoms with Crippen LogP contribution in [0.2, 0.25) is 0 Å². The van der Waals surface area contributed by atoms with Gasteiger partial charge in [-0.3, -0.25) is 0 Å². The van der Waals surface area contributed by atoms with E-state index in [0.717, 1.165) is 6.54 Å². The highest BCUT2D eigenvalue weighted by Gasteiger charge is 2.32. The van der Waals surface area contributed by atoms with Gasteiger partial charge in [0.1, 0.15) is 0 Å². The molecule has 0 aliphatic carbocycles. The van der Waals surface area contributed by atoms with Gasteiger partial charge in [0, 0.05) is 12.6 Å². The maximum absolute atomic E-state index is 3.52. The maximum Gasteiger partial charge on any atom is 0.0105 e. The third-order valence-corrected chi connectivity index (χ3v) is 3.00. The standard InChI is InChI=1S/C9H20N2/c1-8-9(2,7-10-3)5-4-6-11-8/h8,10-11H,4-7H2,1-3H3/t8-,9+/m1/s1. The maximum atomic E-state index is 3.52. The molecule has 66 valence electrons. The van der Waals surface area contributed by atoms with Gasteiger partial charge in [-0.1, -0.05) is 6.92 Å². The first-order valence-electron chi connectivity index (χ1n) is 4.57. The van der Waals surface area contributed by atoms with Gasteiger partial charge in [-0.15, -0.1) is 0 Å². The van der Waals surface area contributed by atoms with Gasteiger partial charge in [-0.25, -0.2) is 0 Å². The molecule has 2 nitrogen and oxygen atoms in total. The van der Waals surface area contributed by atoms with E-state index in [1.807, 2.05) is 7.05 Å².